The van der Waals surface area contributed by atoms with E-state index in [0.29, 0.717) is 12.3 Å². The highest BCUT2D eigenvalue weighted by molar-refractivity contribution is 6.23. The summed E-state index contributed by atoms with van der Waals surface area (Å²) in [5.74, 6) is -0.995. The molecule has 0 aromatic carbocycles. The normalized spacial score (nSPS) is 23.8. The molecule has 2 unspecified atom stereocenters. The zero-order valence-corrected chi connectivity index (χ0v) is 12.4. The van der Waals surface area contributed by atoms with Crippen molar-refractivity contribution in [1.29, 1.82) is 0 Å². The van der Waals surface area contributed by atoms with Crippen LogP contribution in [0.2, 0.25) is 0 Å². The van der Waals surface area contributed by atoms with Gasteiger partial charge in [-0.3, -0.25) is 9.59 Å². The van der Waals surface area contributed by atoms with Gasteiger partial charge in [0.2, 0.25) is 0 Å². The Kier molecular flexibility index (Phi) is 5.29. The van der Waals surface area contributed by atoms with E-state index in [0.717, 1.165) is 6.42 Å². The number of hydrogen-bond acceptors (Lipinski definition) is 4. The molecule has 0 aliphatic heterocycles. The van der Waals surface area contributed by atoms with Crippen LogP contribution in [0.25, 0.3) is 0 Å². The maximum atomic E-state index is 12.3. The maximum absolute atomic E-state index is 12.3. The monoisotopic (exact) mass is 268 g/mol. The third-order valence-electron chi connectivity index (χ3n) is 3.55. The lowest BCUT2D eigenvalue weighted by atomic mass is 9.90. The summed E-state index contributed by atoms with van der Waals surface area (Å²) < 4.78 is 5.22. The Morgan fingerprint density at radius 1 is 1.32 bits per heavy atom. The largest absolute Gasteiger partial charge is 0.509 e. The van der Waals surface area contributed by atoms with Crippen LogP contribution in [0.5, 0.6) is 0 Å². The van der Waals surface area contributed by atoms with Gasteiger partial charge in [-0.15, -0.1) is 0 Å². The standard InChI is InChI=1S/C15H24O4/c1-8(2)6-7-10-13(17)11(12(16)9(3)4)14(18)15(10)19-5/h8-10,15,18H,6-7H2,1-5H3. The van der Waals surface area contributed by atoms with Gasteiger partial charge in [-0.25, -0.2) is 0 Å². The van der Waals surface area contributed by atoms with Crippen LogP contribution in [0.4, 0.5) is 0 Å². The molecule has 0 bridgehead atoms. The van der Waals surface area contributed by atoms with Crippen molar-refractivity contribution in [2.24, 2.45) is 17.8 Å². The number of ketones is 2. The van der Waals surface area contributed by atoms with Gasteiger partial charge in [0.25, 0.3) is 0 Å². The van der Waals surface area contributed by atoms with Gasteiger partial charge in [-0.05, 0) is 12.3 Å². The van der Waals surface area contributed by atoms with E-state index < -0.39 is 12.0 Å². The molecule has 0 aromatic heterocycles. The Morgan fingerprint density at radius 3 is 2.32 bits per heavy atom. The second-order valence-corrected chi connectivity index (χ2v) is 5.88. The van der Waals surface area contributed by atoms with E-state index >= 15 is 0 Å². The van der Waals surface area contributed by atoms with Crippen molar-refractivity contribution in [1.82, 2.24) is 0 Å². The van der Waals surface area contributed by atoms with Crippen molar-refractivity contribution in [3.63, 3.8) is 0 Å². The highest BCUT2D eigenvalue weighted by Gasteiger charge is 2.45. The Balaban J connectivity index is 2.97. The smallest absolute Gasteiger partial charge is 0.176 e. The number of carbonyl (C=O) groups is 2. The SMILES string of the molecule is COC1C(O)=C(C(=O)C(C)C)C(=O)C1CCC(C)C. The first kappa shape index (κ1) is 15.9. The molecule has 0 spiro atoms. The van der Waals surface area contributed by atoms with Crippen LogP contribution >= 0.6 is 0 Å². The molecule has 0 saturated carbocycles. The van der Waals surface area contributed by atoms with Crippen molar-refractivity contribution < 1.29 is 19.4 Å². The minimum absolute atomic E-state index is 0.0457. The van der Waals surface area contributed by atoms with E-state index in [1.165, 1.54) is 7.11 Å². The first-order valence-electron chi connectivity index (χ1n) is 6.85. The summed E-state index contributed by atoms with van der Waals surface area (Å²) >= 11 is 0. The van der Waals surface area contributed by atoms with Gasteiger partial charge in [-0.2, -0.15) is 0 Å². The van der Waals surface area contributed by atoms with Crippen molar-refractivity contribution in [3.05, 3.63) is 11.3 Å². The Hall–Kier alpha value is -1.16. The molecule has 0 radical (unpaired) electrons. The van der Waals surface area contributed by atoms with Gasteiger partial charge in [0, 0.05) is 13.0 Å². The molecule has 2 atom stereocenters. The number of Topliss-reactive ketones (excluding diaryl/α,β-unsaturated/α-hetero) is 2. The second-order valence-electron chi connectivity index (χ2n) is 5.88. The molecule has 19 heavy (non-hydrogen) atoms. The second kappa shape index (κ2) is 6.33. The van der Waals surface area contributed by atoms with E-state index in [-0.39, 0.29) is 28.8 Å². The first-order valence-corrected chi connectivity index (χ1v) is 6.85. The average molecular weight is 268 g/mol. The highest BCUT2D eigenvalue weighted by atomic mass is 16.5. The van der Waals surface area contributed by atoms with E-state index in [1.54, 1.807) is 13.8 Å². The molecule has 4 heteroatoms. The molecule has 0 saturated heterocycles. The van der Waals surface area contributed by atoms with Gasteiger partial charge in [0.15, 0.2) is 11.6 Å². The van der Waals surface area contributed by atoms with Gasteiger partial charge in [-0.1, -0.05) is 34.1 Å². The van der Waals surface area contributed by atoms with Crippen molar-refractivity contribution in [2.45, 2.75) is 46.6 Å². The lowest BCUT2D eigenvalue weighted by molar-refractivity contribution is -0.125. The molecule has 0 aromatic rings. The van der Waals surface area contributed by atoms with Gasteiger partial charge < -0.3 is 9.84 Å². The van der Waals surface area contributed by atoms with Gasteiger partial charge in [0.05, 0.1) is 5.92 Å². The van der Waals surface area contributed by atoms with Gasteiger partial charge in [0.1, 0.15) is 17.4 Å². The third kappa shape index (κ3) is 3.24. The van der Waals surface area contributed by atoms with Gasteiger partial charge >= 0.3 is 0 Å². The lowest BCUT2D eigenvalue weighted by Crippen LogP contribution is -2.26. The number of rotatable bonds is 6. The Labute approximate surface area is 114 Å². The zero-order chi connectivity index (χ0) is 14.7. The predicted octanol–water partition coefficient (Wildman–Crippen LogP) is 2.67. The average Bonchev–Trinajstić information content (AvgIpc) is 2.56. The number of carbonyl (C=O) groups excluding carboxylic acids is 2. The van der Waals surface area contributed by atoms with Crippen molar-refractivity contribution in [2.75, 3.05) is 7.11 Å². The number of hydrogen-bond donors (Lipinski definition) is 1. The minimum Gasteiger partial charge on any atom is -0.509 e. The topological polar surface area (TPSA) is 63.6 Å². The van der Waals surface area contributed by atoms with Crippen LogP contribution in [0.15, 0.2) is 11.3 Å². The summed E-state index contributed by atoms with van der Waals surface area (Å²) in [4.78, 5) is 24.3. The summed E-state index contributed by atoms with van der Waals surface area (Å²) in [7, 11) is 1.46. The molecular weight excluding hydrogens is 244 g/mol. The first-order chi connectivity index (χ1) is 8.81. The molecule has 108 valence electrons. The van der Waals surface area contributed by atoms with Crippen LogP contribution in [0.1, 0.15) is 40.5 Å². The van der Waals surface area contributed by atoms with E-state index in [1.807, 2.05) is 0 Å². The summed E-state index contributed by atoms with van der Waals surface area (Å²) in [6.07, 6.45) is 0.838. The van der Waals surface area contributed by atoms with Crippen LogP contribution in [-0.2, 0) is 14.3 Å². The molecule has 0 heterocycles. The van der Waals surface area contributed by atoms with Crippen LogP contribution < -0.4 is 0 Å². The summed E-state index contributed by atoms with van der Waals surface area (Å²) in [5, 5.41) is 10.1. The van der Waals surface area contributed by atoms with E-state index in [2.05, 4.69) is 13.8 Å². The Morgan fingerprint density at radius 2 is 1.89 bits per heavy atom. The number of aliphatic hydroxyl groups is 1. The molecule has 4 nitrogen and oxygen atoms in total. The zero-order valence-electron chi connectivity index (χ0n) is 12.4. The molecule has 0 amide bonds. The van der Waals surface area contributed by atoms with E-state index in [9.17, 15) is 14.7 Å². The molecule has 1 rings (SSSR count). The summed E-state index contributed by atoms with van der Waals surface area (Å²) in [6, 6.07) is 0. The molecule has 1 N–H and O–H groups in total. The van der Waals surface area contributed by atoms with Crippen molar-refractivity contribution >= 4 is 11.6 Å². The molecule has 1 aliphatic rings. The number of ether oxygens (including phenoxy) is 1. The summed E-state index contributed by atoms with van der Waals surface area (Å²) in [6.45, 7) is 7.60. The molecule has 1 aliphatic carbocycles. The molecule has 0 fully saturated rings. The van der Waals surface area contributed by atoms with Crippen LogP contribution in [0, 0.1) is 17.8 Å². The minimum atomic E-state index is -0.663. The lowest BCUT2D eigenvalue weighted by Gasteiger charge is -2.18. The van der Waals surface area contributed by atoms with Crippen molar-refractivity contribution in [3.8, 4) is 0 Å². The number of allylic oxidation sites excluding steroid dienone is 1. The quantitative estimate of drug-likeness (QED) is 0.752. The Bertz CT molecular complexity index is 393. The third-order valence-corrected chi connectivity index (χ3v) is 3.55. The number of aliphatic hydroxyl groups excluding tert-OH is 1. The predicted molar refractivity (Wildman–Crippen MR) is 72.9 cm³/mol. The fraction of sp³-hybridized carbons (Fsp3) is 0.733. The summed E-state index contributed by atoms with van der Waals surface area (Å²) in [5.41, 5.74) is -0.0457. The van der Waals surface area contributed by atoms with Crippen LogP contribution in [0.3, 0.4) is 0 Å². The van der Waals surface area contributed by atoms with E-state index in [4.69, 9.17) is 4.74 Å². The highest BCUT2D eigenvalue weighted by Crippen LogP contribution is 2.34. The number of methoxy groups -OCH3 is 1. The molecular formula is C15H24O4. The maximum Gasteiger partial charge on any atom is 0.176 e. The van der Waals surface area contributed by atoms with Crippen LogP contribution in [-0.4, -0.2) is 29.9 Å². The fourth-order valence-corrected chi connectivity index (χ4v) is 2.39. The fourth-order valence-electron chi connectivity index (χ4n) is 2.39.